The highest BCUT2D eigenvalue weighted by atomic mass is 32.2. The second-order valence-electron chi connectivity index (χ2n) is 5.42. The lowest BCUT2D eigenvalue weighted by Crippen LogP contribution is -2.00. The number of hydrogen-bond acceptors (Lipinski definition) is 6. The van der Waals surface area contributed by atoms with Crippen molar-refractivity contribution in [3.8, 4) is 17.2 Å². The lowest BCUT2D eigenvalue weighted by Gasteiger charge is -2.04. The molecule has 0 saturated carbocycles. The molecule has 7 heteroatoms. The summed E-state index contributed by atoms with van der Waals surface area (Å²) in [4.78, 5) is 4.49. The zero-order valence-corrected chi connectivity index (χ0v) is 14.1. The molecule has 0 fully saturated rings. The Bertz CT molecular complexity index is 964. The Morgan fingerprint density at radius 1 is 1.12 bits per heavy atom. The summed E-state index contributed by atoms with van der Waals surface area (Å²) < 4.78 is 33.9. The Kier molecular flexibility index (Phi) is 4.35. The molecule has 0 aliphatic rings. The standard InChI is InChI=1S/C17H16N2O4S/c1-12-5-3-6-13(9-12)17-18-16(19-23-17)11-22-14-7-4-8-15(10-14)24(2,20)21/h3-10H,11H2,1-2H3. The van der Waals surface area contributed by atoms with Crippen LogP contribution in [0.1, 0.15) is 11.4 Å². The first-order valence-electron chi connectivity index (χ1n) is 7.24. The van der Waals surface area contributed by atoms with Crippen molar-refractivity contribution in [2.45, 2.75) is 18.4 Å². The van der Waals surface area contributed by atoms with E-state index in [9.17, 15) is 8.42 Å². The van der Waals surface area contributed by atoms with E-state index in [1.165, 1.54) is 12.1 Å². The molecule has 1 heterocycles. The Labute approximate surface area is 140 Å². The number of nitrogens with zero attached hydrogens (tertiary/aromatic N) is 2. The predicted molar refractivity (Wildman–Crippen MR) is 88.4 cm³/mol. The topological polar surface area (TPSA) is 82.3 Å². The number of sulfone groups is 1. The average molecular weight is 344 g/mol. The van der Waals surface area contributed by atoms with Crippen molar-refractivity contribution in [2.24, 2.45) is 0 Å². The Balaban J connectivity index is 1.72. The van der Waals surface area contributed by atoms with E-state index in [1.54, 1.807) is 12.1 Å². The fourth-order valence-corrected chi connectivity index (χ4v) is 2.81. The Hall–Kier alpha value is -2.67. The summed E-state index contributed by atoms with van der Waals surface area (Å²) in [5.41, 5.74) is 1.94. The van der Waals surface area contributed by atoms with Gasteiger partial charge in [0.05, 0.1) is 4.90 Å². The molecule has 0 amide bonds. The van der Waals surface area contributed by atoms with E-state index in [0.717, 1.165) is 17.4 Å². The van der Waals surface area contributed by atoms with Gasteiger partial charge in [-0.05, 0) is 37.3 Å². The third-order valence-electron chi connectivity index (χ3n) is 3.33. The predicted octanol–water partition coefficient (Wildman–Crippen LogP) is 3.03. The molecule has 0 unspecified atom stereocenters. The summed E-state index contributed by atoms with van der Waals surface area (Å²) >= 11 is 0. The molecule has 0 N–H and O–H groups in total. The summed E-state index contributed by atoms with van der Waals surface area (Å²) in [6, 6.07) is 14.0. The molecule has 0 aliphatic heterocycles. The third kappa shape index (κ3) is 3.80. The van der Waals surface area contributed by atoms with Gasteiger partial charge >= 0.3 is 0 Å². The largest absolute Gasteiger partial charge is 0.485 e. The van der Waals surface area contributed by atoms with Gasteiger partial charge in [0, 0.05) is 11.8 Å². The minimum atomic E-state index is -3.27. The van der Waals surface area contributed by atoms with Gasteiger partial charge in [-0.3, -0.25) is 0 Å². The van der Waals surface area contributed by atoms with Crippen LogP contribution >= 0.6 is 0 Å². The van der Waals surface area contributed by atoms with E-state index in [4.69, 9.17) is 9.26 Å². The van der Waals surface area contributed by atoms with Gasteiger partial charge in [-0.2, -0.15) is 4.98 Å². The summed E-state index contributed by atoms with van der Waals surface area (Å²) in [5.74, 6) is 1.23. The summed E-state index contributed by atoms with van der Waals surface area (Å²) in [6.45, 7) is 2.07. The van der Waals surface area contributed by atoms with Gasteiger partial charge in [0.25, 0.3) is 5.89 Å². The Morgan fingerprint density at radius 3 is 2.67 bits per heavy atom. The molecule has 3 aromatic rings. The lowest BCUT2D eigenvalue weighted by atomic mass is 10.1. The van der Waals surface area contributed by atoms with Crippen LogP contribution < -0.4 is 4.74 Å². The molecule has 0 radical (unpaired) electrons. The first-order chi connectivity index (χ1) is 11.4. The molecule has 0 aliphatic carbocycles. The molecular formula is C17H16N2O4S. The van der Waals surface area contributed by atoms with Gasteiger partial charge in [0.1, 0.15) is 5.75 Å². The zero-order chi connectivity index (χ0) is 17.2. The fourth-order valence-electron chi connectivity index (χ4n) is 2.15. The van der Waals surface area contributed by atoms with Crippen LogP contribution in [0.3, 0.4) is 0 Å². The minimum absolute atomic E-state index is 0.0858. The molecule has 0 bridgehead atoms. The molecule has 2 aromatic carbocycles. The van der Waals surface area contributed by atoms with E-state index >= 15 is 0 Å². The molecule has 0 atom stereocenters. The summed E-state index contributed by atoms with van der Waals surface area (Å²) in [5, 5.41) is 3.88. The third-order valence-corrected chi connectivity index (χ3v) is 4.44. The van der Waals surface area contributed by atoms with Crippen LogP contribution in [0.25, 0.3) is 11.5 Å². The lowest BCUT2D eigenvalue weighted by molar-refractivity contribution is 0.286. The van der Waals surface area contributed by atoms with Gasteiger partial charge in [-0.1, -0.05) is 28.9 Å². The van der Waals surface area contributed by atoms with Crippen molar-refractivity contribution >= 4 is 9.84 Å². The first-order valence-corrected chi connectivity index (χ1v) is 9.13. The van der Waals surface area contributed by atoms with Gasteiger partial charge < -0.3 is 9.26 Å². The smallest absolute Gasteiger partial charge is 0.258 e. The van der Waals surface area contributed by atoms with Crippen molar-refractivity contribution in [1.29, 1.82) is 0 Å². The number of aromatic nitrogens is 2. The highest BCUT2D eigenvalue weighted by Gasteiger charge is 2.11. The number of rotatable bonds is 5. The maximum absolute atomic E-state index is 11.6. The number of ether oxygens (including phenoxy) is 1. The minimum Gasteiger partial charge on any atom is -0.485 e. The van der Waals surface area contributed by atoms with E-state index < -0.39 is 9.84 Å². The maximum Gasteiger partial charge on any atom is 0.258 e. The molecule has 6 nitrogen and oxygen atoms in total. The van der Waals surface area contributed by atoms with Crippen molar-refractivity contribution in [3.63, 3.8) is 0 Å². The molecule has 0 saturated heterocycles. The monoisotopic (exact) mass is 344 g/mol. The van der Waals surface area contributed by atoms with Crippen molar-refractivity contribution in [3.05, 3.63) is 59.9 Å². The first kappa shape index (κ1) is 16.2. The van der Waals surface area contributed by atoms with Gasteiger partial charge in [-0.15, -0.1) is 0 Å². The van der Waals surface area contributed by atoms with Crippen LogP contribution in [0.5, 0.6) is 5.75 Å². The molecule has 1 aromatic heterocycles. The van der Waals surface area contributed by atoms with Crippen molar-refractivity contribution in [2.75, 3.05) is 6.26 Å². The van der Waals surface area contributed by atoms with Crippen LogP contribution in [0.15, 0.2) is 57.9 Å². The number of hydrogen-bond donors (Lipinski definition) is 0. The van der Waals surface area contributed by atoms with Crippen LogP contribution in [-0.2, 0) is 16.4 Å². The number of benzene rings is 2. The molecular weight excluding hydrogens is 328 g/mol. The van der Waals surface area contributed by atoms with Gasteiger partial charge in [0.15, 0.2) is 16.4 Å². The van der Waals surface area contributed by atoms with E-state index in [2.05, 4.69) is 10.1 Å². The second-order valence-corrected chi connectivity index (χ2v) is 7.44. The van der Waals surface area contributed by atoms with Gasteiger partial charge in [-0.25, -0.2) is 8.42 Å². The van der Waals surface area contributed by atoms with Crippen LogP contribution in [0.2, 0.25) is 0 Å². The zero-order valence-electron chi connectivity index (χ0n) is 13.3. The molecule has 24 heavy (non-hydrogen) atoms. The average Bonchev–Trinajstić information content (AvgIpc) is 3.01. The van der Waals surface area contributed by atoms with Crippen LogP contribution in [0, 0.1) is 6.92 Å². The molecule has 124 valence electrons. The Morgan fingerprint density at radius 2 is 1.92 bits per heavy atom. The van der Waals surface area contributed by atoms with Crippen LogP contribution in [0.4, 0.5) is 0 Å². The SMILES string of the molecule is Cc1cccc(-c2nc(COc3cccc(S(C)(=O)=O)c3)no2)c1. The second kappa shape index (κ2) is 6.45. The van der Waals surface area contributed by atoms with E-state index in [0.29, 0.717) is 17.5 Å². The maximum atomic E-state index is 11.6. The van der Waals surface area contributed by atoms with E-state index in [1.807, 2.05) is 31.2 Å². The van der Waals surface area contributed by atoms with Crippen molar-refractivity contribution in [1.82, 2.24) is 10.1 Å². The normalized spacial score (nSPS) is 11.4. The quantitative estimate of drug-likeness (QED) is 0.707. The van der Waals surface area contributed by atoms with E-state index in [-0.39, 0.29) is 11.5 Å². The fraction of sp³-hybridized carbons (Fsp3) is 0.176. The highest BCUT2D eigenvalue weighted by molar-refractivity contribution is 7.90. The highest BCUT2D eigenvalue weighted by Crippen LogP contribution is 2.20. The number of aryl methyl sites for hydroxylation is 1. The molecule has 0 spiro atoms. The van der Waals surface area contributed by atoms with Crippen molar-refractivity contribution < 1.29 is 17.7 Å². The van der Waals surface area contributed by atoms with Crippen LogP contribution in [-0.4, -0.2) is 24.8 Å². The van der Waals surface area contributed by atoms with Gasteiger partial charge in [0.2, 0.25) is 5.82 Å². The molecule has 3 rings (SSSR count). The summed E-state index contributed by atoms with van der Waals surface area (Å²) in [6.07, 6.45) is 1.15. The summed E-state index contributed by atoms with van der Waals surface area (Å²) in [7, 11) is -3.27.